The van der Waals surface area contributed by atoms with Crippen molar-refractivity contribution in [2.24, 2.45) is 5.92 Å². The molecule has 1 saturated heterocycles. The number of para-hydroxylation sites is 3. The molecule has 170 valence electrons. The summed E-state index contributed by atoms with van der Waals surface area (Å²) in [7, 11) is 0. The minimum atomic E-state index is -1.12. The highest BCUT2D eigenvalue weighted by Gasteiger charge is 2.67. The van der Waals surface area contributed by atoms with E-state index in [-0.39, 0.29) is 17.9 Å². The number of carbonyl (C=O) groups is 2. The van der Waals surface area contributed by atoms with Crippen molar-refractivity contribution in [2.75, 3.05) is 4.90 Å². The molecule has 35 heavy (non-hydrogen) atoms. The lowest BCUT2D eigenvalue weighted by atomic mass is 9.70. The van der Waals surface area contributed by atoms with Gasteiger partial charge in [-0.3, -0.25) is 19.8 Å². The van der Waals surface area contributed by atoms with E-state index in [4.69, 9.17) is 4.74 Å². The Morgan fingerprint density at radius 2 is 1.40 bits per heavy atom. The van der Waals surface area contributed by atoms with Crippen molar-refractivity contribution in [3.8, 4) is 5.75 Å². The molecule has 0 saturated carbocycles. The molecule has 5 nitrogen and oxygen atoms in total. The summed E-state index contributed by atoms with van der Waals surface area (Å²) in [4.78, 5) is 30.0. The Bertz CT molecular complexity index is 1470. The molecule has 1 N–H and O–H groups in total. The van der Waals surface area contributed by atoms with Crippen LogP contribution < -0.4 is 15.0 Å². The van der Waals surface area contributed by atoms with Crippen LogP contribution >= 0.6 is 0 Å². The third-order valence-electron chi connectivity index (χ3n) is 7.59. The zero-order chi connectivity index (χ0) is 23.6. The van der Waals surface area contributed by atoms with E-state index in [1.54, 1.807) is 4.90 Å². The normalized spacial score (nSPS) is 26.3. The first kappa shape index (κ1) is 20.2. The highest BCUT2D eigenvalue weighted by molar-refractivity contribution is 6.14. The van der Waals surface area contributed by atoms with Crippen molar-refractivity contribution in [3.63, 3.8) is 0 Å². The van der Waals surface area contributed by atoms with Gasteiger partial charge in [0.25, 0.3) is 5.91 Å². The highest BCUT2D eigenvalue weighted by Crippen LogP contribution is 2.62. The minimum Gasteiger partial charge on any atom is -0.426 e. The Balaban J connectivity index is 1.51. The van der Waals surface area contributed by atoms with Gasteiger partial charge < -0.3 is 4.74 Å². The molecular formula is C30H22N2O3. The molecule has 1 spiro atoms. The van der Waals surface area contributed by atoms with Crippen molar-refractivity contribution in [3.05, 3.63) is 126 Å². The van der Waals surface area contributed by atoms with Crippen LogP contribution in [0.15, 0.2) is 109 Å². The third kappa shape index (κ3) is 2.67. The fourth-order valence-electron chi connectivity index (χ4n) is 6.22. The van der Waals surface area contributed by atoms with Gasteiger partial charge in [0.2, 0.25) is 0 Å². The second-order valence-electron chi connectivity index (χ2n) is 9.30. The van der Waals surface area contributed by atoms with Crippen molar-refractivity contribution in [1.29, 1.82) is 0 Å². The summed E-state index contributed by atoms with van der Waals surface area (Å²) in [5.74, 6) is -0.845. The number of ether oxygens (including phenoxy) is 1. The number of amides is 1. The SMILES string of the molecule is O=C1Oc2ccccc2[C@@H]2[C@H]1[C@@H](c1ccccc1)N[C@]21C(=O)N(c2ccccc2)c2ccccc21. The zero-order valence-corrected chi connectivity index (χ0v) is 18.8. The lowest BCUT2D eigenvalue weighted by Gasteiger charge is -2.35. The molecule has 5 heteroatoms. The molecule has 3 heterocycles. The van der Waals surface area contributed by atoms with Crippen molar-refractivity contribution >= 4 is 23.3 Å². The number of nitrogens with one attached hydrogen (secondary N) is 1. The average molecular weight is 459 g/mol. The van der Waals surface area contributed by atoms with E-state index in [2.05, 4.69) is 5.32 Å². The molecule has 0 unspecified atom stereocenters. The Kier molecular flexibility index (Phi) is 4.26. The second-order valence-corrected chi connectivity index (χ2v) is 9.30. The topological polar surface area (TPSA) is 58.6 Å². The van der Waals surface area contributed by atoms with E-state index in [1.807, 2.05) is 109 Å². The smallest absolute Gasteiger partial charge is 0.317 e. The summed E-state index contributed by atoms with van der Waals surface area (Å²) in [6.07, 6.45) is 0. The molecule has 0 aliphatic carbocycles. The van der Waals surface area contributed by atoms with E-state index in [9.17, 15) is 9.59 Å². The summed E-state index contributed by atoms with van der Waals surface area (Å²) in [6, 6.07) is 34.7. The van der Waals surface area contributed by atoms with Gasteiger partial charge in [-0.15, -0.1) is 0 Å². The summed E-state index contributed by atoms with van der Waals surface area (Å²) in [6.45, 7) is 0. The summed E-state index contributed by atoms with van der Waals surface area (Å²) >= 11 is 0. The van der Waals surface area contributed by atoms with E-state index in [0.29, 0.717) is 5.75 Å². The maximum Gasteiger partial charge on any atom is 0.317 e. The number of carbonyl (C=O) groups excluding carboxylic acids is 2. The largest absolute Gasteiger partial charge is 0.426 e. The molecule has 0 radical (unpaired) electrons. The van der Waals surface area contributed by atoms with Gasteiger partial charge in [0.05, 0.1) is 11.6 Å². The van der Waals surface area contributed by atoms with E-state index in [0.717, 1.165) is 28.1 Å². The number of benzene rings is 4. The van der Waals surface area contributed by atoms with Gasteiger partial charge >= 0.3 is 5.97 Å². The molecule has 1 fully saturated rings. The zero-order valence-electron chi connectivity index (χ0n) is 18.8. The Labute approximate surface area is 203 Å². The summed E-state index contributed by atoms with van der Waals surface area (Å²) < 4.78 is 5.83. The third-order valence-corrected chi connectivity index (χ3v) is 7.59. The van der Waals surface area contributed by atoms with Gasteiger partial charge in [-0.05, 0) is 29.8 Å². The quantitative estimate of drug-likeness (QED) is 0.330. The minimum absolute atomic E-state index is 0.0807. The Hall–Kier alpha value is -4.22. The lowest BCUT2D eigenvalue weighted by molar-refractivity contribution is -0.141. The molecular weight excluding hydrogens is 436 g/mol. The molecule has 3 aliphatic rings. The van der Waals surface area contributed by atoms with Crippen LogP contribution in [-0.4, -0.2) is 11.9 Å². The monoisotopic (exact) mass is 458 g/mol. The number of anilines is 2. The molecule has 7 rings (SSSR count). The molecule has 0 aromatic heterocycles. The molecule has 1 amide bonds. The Morgan fingerprint density at radius 3 is 2.20 bits per heavy atom. The van der Waals surface area contributed by atoms with E-state index in [1.165, 1.54) is 0 Å². The van der Waals surface area contributed by atoms with Crippen LogP contribution in [0.4, 0.5) is 11.4 Å². The number of nitrogens with zero attached hydrogens (tertiary/aromatic N) is 1. The van der Waals surface area contributed by atoms with Gasteiger partial charge in [-0.25, -0.2) is 0 Å². The number of fused-ring (bicyclic) bond motifs is 6. The first-order valence-electron chi connectivity index (χ1n) is 11.8. The van der Waals surface area contributed by atoms with Crippen molar-refractivity contribution in [1.82, 2.24) is 5.32 Å². The fraction of sp³-hybridized carbons (Fsp3) is 0.133. The standard InChI is InChI=1S/C30H22N2O3/c33-28-25-26(21-15-7-10-18-24(21)35-28)30(31-27(25)19-11-3-1-4-12-19)22-16-8-9-17-23(22)32(29(30)34)20-13-5-2-6-14-20/h1-18,25-27,31H/t25-,26+,27+,30-/m0/s1. The van der Waals surface area contributed by atoms with Gasteiger partial charge in [0, 0.05) is 28.8 Å². The van der Waals surface area contributed by atoms with Gasteiger partial charge in [-0.1, -0.05) is 84.9 Å². The Morgan fingerprint density at radius 1 is 0.743 bits per heavy atom. The van der Waals surface area contributed by atoms with Gasteiger partial charge in [0.15, 0.2) is 0 Å². The van der Waals surface area contributed by atoms with Crippen molar-refractivity contribution < 1.29 is 14.3 Å². The van der Waals surface area contributed by atoms with Crippen molar-refractivity contribution in [2.45, 2.75) is 17.5 Å². The fourth-order valence-corrected chi connectivity index (χ4v) is 6.22. The molecule has 4 aromatic carbocycles. The second kappa shape index (κ2) is 7.39. The highest BCUT2D eigenvalue weighted by atomic mass is 16.5. The first-order chi connectivity index (χ1) is 17.2. The lowest BCUT2D eigenvalue weighted by Crippen LogP contribution is -2.50. The van der Waals surface area contributed by atoms with E-state index < -0.39 is 17.4 Å². The summed E-state index contributed by atoms with van der Waals surface area (Å²) in [5, 5.41) is 3.71. The number of rotatable bonds is 2. The summed E-state index contributed by atoms with van der Waals surface area (Å²) in [5.41, 5.74) is 3.23. The molecule has 4 atom stereocenters. The van der Waals surface area contributed by atoms with Gasteiger partial charge in [-0.2, -0.15) is 0 Å². The first-order valence-corrected chi connectivity index (χ1v) is 11.8. The van der Waals surface area contributed by atoms with Crippen LogP contribution in [0.2, 0.25) is 0 Å². The maximum atomic E-state index is 14.6. The van der Waals surface area contributed by atoms with Crippen LogP contribution in [-0.2, 0) is 15.1 Å². The molecule has 4 aromatic rings. The van der Waals surface area contributed by atoms with E-state index >= 15 is 0 Å². The van der Waals surface area contributed by atoms with Crippen LogP contribution in [0.25, 0.3) is 0 Å². The van der Waals surface area contributed by atoms with Crippen LogP contribution in [0, 0.1) is 5.92 Å². The average Bonchev–Trinajstić information content (AvgIpc) is 3.40. The predicted octanol–water partition coefficient (Wildman–Crippen LogP) is 5.22. The van der Waals surface area contributed by atoms with Crippen LogP contribution in [0.5, 0.6) is 5.75 Å². The predicted molar refractivity (Wildman–Crippen MR) is 132 cm³/mol. The number of hydrogen-bond donors (Lipinski definition) is 1. The van der Waals surface area contributed by atoms with Gasteiger partial charge in [0.1, 0.15) is 11.3 Å². The molecule has 3 aliphatic heterocycles. The number of esters is 1. The maximum absolute atomic E-state index is 14.6. The van der Waals surface area contributed by atoms with Crippen LogP contribution in [0.1, 0.15) is 28.7 Å². The van der Waals surface area contributed by atoms with Crippen LogP contribution in [0.3, 0.4) is 0 Å². The number of hydrogen-bond acceptors (Lipinski definition) is 4. The molecule has 0 bridgehead atoms.